The van der Waals surface area contributed by atoms with Gasteiger partial charge in [-0.2, -0.15) is 0 Å². The average Bonchev–Trinajstić information content (AvgIpc) is 2.86. The van der Waals surface area contributed by atoms with Gasteiger partial charge in [-0.1, -0.05) is 13.0 Å². The summed E-state index contributed by atoms with van der Waals surface area (Å²) in [5, 5.41) is 4.31. The normalized spacial score (nSPS) is 10.7. The molecule has 0 atom stereocenters. The average molecular weight is 276 g/mol. The molecule has 1 aromatic heterocycles. The van der Waals surface area contributed by atoms with Gasteiger partial charge in [0.25, 0.3) is 0 Å². The van der Waals surface area contributed by atoms with E-state index in [-0.39, 0.29) is 0 Å². The van der Waals surface area contributed by atoms with Crippen molar-refractivity contribution in [3.05, 3.63) is 45.4 Å². The molecule has 4 heteroatoms. The van der Waals surface area contributed by atoms with Gasteiger partial charge in [-0.3, -0.25) is 0 Å². The quantitative estimate of drug-likeness (QED) is 0.877. The molecule has 0 fully saturated rings. The first-order valence-corrected chi connectivity index (χ1v) is 7.35. The van der Waals surface area contributed by atoms with Gasteiger partial charge < -0.3 is 10.1 Å². The lowest BCUT2D eigenvalue weighted by Crippen LogP contribution is -2.10. The summed E-state index contributed by atoms with van der Waals surface area (Å²) in [5.41, 5.74) is 2.54. The van der Waals surface area contributed by atoms with Crippen LogP contribution in [0.1, 0.15) is 27.9 Å². The van der Waals surface area contributed by atoms with Crippen molar-refractivity contribution in [3.8, 4) is 5.75 Å². The molecule has 0 aliphatic rings. The van der Waals surface area contributed by atoms with Gasteiger partial charge in [-0.15, -0.1) is 11.3 Å². The van der Waals surface area contributed by atoms with Crippen molar-refractivity contribution in [2.24, 2.45) is 0 Å². The van der Waals surface area contributed by atoms with Crippen LogP contribution in [0.25, 0.3) is 0 Å². The molecule has 0 radical (unpaired) electrons. The molecule has 1 aromatic carbocycles. The Morgan fingerprint density at radius 2 is 2.11 bits per heavy atom. The van der Waals surface area contributed by atoms with Gasteiger partial charge in [0.1, 0.15) is 17.4 Å². The highest BCUT2D eigenvalue weighted by Crippen LogP contribution is 2.19. The molecule has 0 aliphatic carbocycles. The monoisotopic (exact) mass is 276 g/mol. The molecule has 3 nitrogen and oxygen atoms in total. The summed E-state index contributed by atoms with van der Waals surface area (Å²) in [5.74, 6) is 0.909. The maximum absolute atomic E-state index is 5.77. The lowest BCUT2D eigenvalue weighted by atomic mass is 10.1. The first-order chi connectivity index (χ1) is 9.19. The van der Waals surface area contributed by atoms with Crippen LogP contribution < -0.4 is 10.1 Å². The zero-order valence-electron chi connectivity index (χ0n) is 11.7. The third-order valence-electron chi connectivity index (χ3n) is 2.99. The van der Waals surface area contributed by atoms with Crippen LogP contribution in [0.4, 0.5) is 0 Å². The Balaban J connectivity index is 1.91. The Morgan fingerprint density at radius 1 is 1.26 bits per heavy atom. The van der Waals surface area contributed by atoms with E-state index in [2.05, 4.69) is 43.2 Å². The zero-order valence-corrected chi connectivity index (χ0v) is 12.5. The van der Waals surface area contributed by atoms with Crippen LogP contribution in [0.3, 0.4) is 0 Å². The Hall–Kier alpha value is -1.39. The van der Waals surface area contributed by atoms with Crippen molar-refractivity contribution < 1.29 is 4.74 Å². The van der Waals surface area contributed by atoms with E-state index in [1.807, 2.05) is 12.3 Å². The molecule has 0 bridgehead atoms. The summed E-state index contributed by atoms with van der Waals surface area (Å²) in [6.45, 7) is 8.71. The predicted molar refractivity (Wildman–Crippen MR) is 79.7 cm³/mol. The lowest BCUT2D eigenvalue weighted by molar-refractivity contribution is 0.305. The number of nitrogens with one attached hydrogen (secondary N) is 1. The van der Waals surface area contributed by atoms with E-state index < -0.39 is 0 Å². The number of nitrogens with zero attached hydrogens (tertiary/aromatic N) is 1. The molecule has 0 unspecified atom stereocenters. The van der Waals surface area contributed by atoms with E-state index in [1.54, 1.807) is 11.3 Å². The van der Waals surface area contributed by atoms with Gasteiger partial charge in [0.15, 0.2) is 0 Å². The maximum Gasteiger partial charge on any atom is 0.140 e. The van der Waals surface area contributed by atoms with E-state index in [1.165, 1.54) is 16.0 Å². The van der Waals surface area contributed by atoms with Crippen molar-refractivity contribution in [1.82, 2.24) is 10.3 Å². The highest BCUT2D eigenvalue weighted by Gasteiger charge is 2.03. The van der Waals surface area contributed by atoms with Crippen LogP contribution in [0.5, 0.6) is 5.75 Å². The molecular weight excluding hydrogens is 256 g/mol. The van der Waals surface area contributed by atoms with Gasteiger partial charge in [0, 0.05) is 17.6 Å². The minimum absolute atomic E-state index is 0.541. The number of hydrogen-bond acceptors (Lipinski definition) is 4. The second-order valence-electron chi connectivity index (χ2n) is 4.54. The van der Waals surface area contributed by atoms with Crippen LogP contribution in [-0.2, 0) is 13.2 Å². The minimum atomic E-state index is 0.541. The van der Waals surface area contributed by atoms with E-state index in [0.717, 1.165) is 23.8 Å². The summed E-state index contributed by atoms with van der Waals surface area (Å²) in [6, 6.07) is 6.17. The fourth-order valence-electron chi connectivity index (χ4n) is 1.69. The van der Waals surface area contributed by atoms with Gasteiger partial charge in [-0.25, -0.2) is 4.98 Å². The molecule has 0 saturated heterocycles. The highest BCUT2D eigenvalue weighted by molar-refractivity contribution is 7.11. The van der Waals surface area contributed by atoms with Gasteiger partial charge >= 0.3 is 0 Å². The third kappa shape index (κ3) is 4.04. The number of thiazole rings is 1. The van der Waals surface area contributed by atoms with Crippen molar-refractivity contribution in [3.63, 3.8) is 0 Å². The topological polar surface area (TPSA) is 34.2 Å². The molecule has 1 N–H and O–H groups in total. The van der Waals surface area contributed by atoms with Crippen LogP contribution in [0.15, 0.2) is 24.4 Å². The summed E-state index contributed by atoms with van der Waals surface area (Å²) in [7, 11) is 0. The Labute approximate surface area is 118 Å². The molecule has 102 valence electrons. The second kappa shape index (κ2) is 6.68. The number of aromatic nitrogens is 1. The first-order valence-electron chi connectivity index (χ1n) is 6.53. The summed E-state index contributed by atoms with van der Waals surface area (Å²) >= 11 is 1.70. The van der Waals surface area contributed by atoms with E-state index in [0.29, 0.717) is 6.61 Å². The Bertz CT molecular complexity index is 537. The van der Waals surface area contributed by atoms with Crippen LogP contribution in [0, 0.1) is 13.8 Å². The molecule has 1 heterocycles. The molecule has 2 rings (SSSR count). The fraction of sp³-hybridized carbons (Fsp3) is 0.400. The highest BCUT2D eigenvalue weighted by atomic mass is 32.1. The summed E-state index contributed by atoms with van der Waals surface area (Å²) in [4.78, 5) is 5.63. The molecule has 19 heavy (non-hydrogen) atoms. The summed E-state index contributed by atoms with van der Waals surface area (Å²) < 4.78 is 5.77. The number of hydrogen-bond donors (Lipinski definition) is 1. The van der Waals surface area contributed by atoms with Crippen molar-refractivity contribution in [2.45, 2.75) is 33.9 Å². The maximum atomic E-state index is 5.77. The molecule has 0 saturated carbocycles. The van der Waals surface area contributed by atoms with Crippen LogP contribution in [-0.4, -0.2) is 11.5 Å². The van der Waals surface area contributed by atoms with Gasteiger partial charge in [0.2, 0.25) is 0 Å². The molecule has 0 aliphatic heterocycles. The standard InChI is InChI=1S/C15H20N2OS/c1-4-16-8-14-9-17-15(19-14)10-18-13-6-5-11(2)12(3)7-13/h5-7,9,16H,4,8,10H2,1-3H3. The minimum Gasteiger partial charge on any atom is -0.486 e. The third-order valence-corrected chi connectivity index (χ3v) is 3.96. The smallest absolute Gasteiger partial charge is 0.140 e. The molecule has 0 amide bonds. The zero-order chi connectivity index (χ0) is 13.7. The predicted octanol–water partition coefficient (Wildman–Crippen LogP) is 3.45. The summed E-state index contributed by atoms with van der Waals surface area (Å²) in [6.07, 6.45) is 1.92. The SMILES string of the molecule is CCNCc1cnc(COc2ccc(C)c(C)c2)s1. The Kier molecular flexibility index (Phi) is 4.93. The second-order valence-corrected chi connectivity index (χ2v) is 5.74. The van der Waals surface area contributed by atoms with E-state index in [4.69, 9.17) is 4.74 Å². The number of rotatable bonds is 6. The van der Waals surface area contributed by atoms with Crippen molar-refractivity contribution in [1.29, 1.82) is 0 Å². The van der Waals surface area contributed by atoms with Crippen molar-refractivity contribution >= 4 is 11.3 Å². The fourth-order valence-corrected chi connectivity index (χ4v) is 2.50. The van der Waals surface area contributed by atoms with Crippen molar-refractivity contribution in [2.75, 3.05) is 6.54 Å². The van der Waals surface area contributed by atoms with E-state index >= 15 is 0 Å². The van der Waals surface area contributed by atoms with Crippen LogP contribution in [0.2, 0.25) is 0 Å². The van der Waals surface area contributed by atoms with Crippen LogP contribution >= 0.6 is 11.3 Å². The molecule has 2 aromatic rings. The molecule has 0 spiro atoms. The first kappa shape index (κ1) is 14.0. The van der Waals surface area contributed by atoms with Gasteiger partial charge in [-0.05, 0) is 43.7 Å². The van der Waals surface area contributed by atoms with Gasteiger partial charge in [0.05, 0.1) is 0 Å². The number of ether oxygens (including phenoxy) is 1. The lowest BCUT2D eigenvalue weighted by Gasteiger charge is -2.06. The largest absolute Gasteiger partial charge is 0.486 e. The molecular formula is C15H20N2OS. The number of aryl methyl sites for hydroxylation is 2. The number of benzene rings is 1. The Morgan fingerprint density at radius 3 is 2.84 bits per heavy atom. The van der Waals surface area contributed by atoms with E-state index in [9.17, 15) is 0 Å².